The van der Waals surface area contributed by atoms with Crippen LogP contribution in [0.1, 0.15) is 43.4 Å². The molecular formula is C13H24N4O2S. The van der Waals surface area contributed by atoms with Crippen molar-refractivity contribution in [3.8, 4) is 0 Å². The monoisotopic (exact) mass is 300 g/mol. The molecular weight excluding hydrogens is 276 g/mol. The molecule has 1 amide bonds. The standard InChI is InChI=1S/C13H24N4O2S/c1-5-7-14-12-17-16-11(20-12)10(18)15-9-13(2,3)6-8-19-4/h5-9H2,1-4H3,(H,14,17)(H,15,18). The van der Waals surface area contributed by atoms with E-state index in [1.165, 1.54) is 11.3 Å². The zero-order valence-corrected chi connectivity index (χ0v) is 13.5. The zero-order chi connectivity index (χ0) is 15.0. The van der Waals surface area contributed by atoms with Gasteiger partial charge in [-0.15, -0.1) is 10.2 Å². The van der Waals surface area contributed by atoms with Crippen LogP contribution in [0.25, 0.3) is 0 Å². The van der Waals surface area contributed by atoms with E-state index in [9.17, 15) is 4.79 Å². The first-order valence-electron chi connectivity index (χ1n) is 6.83. The molecule has 2 N–H and O–H groups in total. The SMILES string of the molecule is CCCNc1nnc(C(=O)NCC(C)(C)CCOC)s1. The predicted octanol–water partition coefficient (Wildman–Crippen LogP) is 2.15. The molecule has 0 spiro atoms. The van der Waals surface area contributed by atoms with Crippen LogP contribution in [0.4, 0.5) is 5.13 Å². The number of nitrogens with one attached hydrogen (secondary N) is 2. The van der Waals surface area contributed by atoms with Gasteiger partial charge in [0.05, 0.1) is 0 Å². The molecule has 0 aliphatic rings. The van der Waals surface area contributed by atoms with E-state index in [0.29, 0.717) is 23.3 Å². The van der Waals surface area contributed by atoms with Gasteiger partial charge in [-0.2, -0.15) is 0 Å². The third kappa shape index (κ3) is 5.83. The van der Waals surface area contributed by atoms with E-state index in [1.807, 2.05) is 0 Å². The summed E-state index contributed by atoms with van der Waals surface area (Å²) in [7, 11) is 1.68. The van der Waals surface area contributed by atoms with Crippen molar-refractivity contribution in [2.45, 2.75) is 33.6 Å². The van der Waals surface area contributed by atoms with Crippen LogP contribution >= 0.6 is 11.3 Å². The average molecular weight is 300 g/mol. The van der Waals surface area contributed by atoms with Gasteiger partial charge in [0.15, 0.2) is 0 Å². The van der Waals surface area contributed by atoms with E-state index in [4.69, 9.17) is 4.74 Å². The molecule has 0 aliphatic heterocycles. The fraction of sp³-hybridized carbons (Fsp3) is 0.769. The molecule has 0 aromatic carbocycles. The molecule has 0 radical (unpaired) electrons. The van der Waals surface area contributed by atoms with E-state index >= 15 is 0 Å². The summed E-state index contributed by atoms with van der Waals surface area (Å²) < 4.78 is 5.07. The van der Waals surface area contributed by atoms with Crippen LogP contribution in [0.2, 0.25) is 0 Å². The molecule has 1 aromatic heterocycles. The molecule has 0 saturated heterocycles. The van der Waals surface area contributed by atoms with Crippen LogP contribution in [-0.2, 0) is 4.74 Å². The number of aromatic nitrogens is 2. The van der Waals surface area contributed by atoms with E-state index < -0.39 is 0 Å². The fourth-order valence-electron chi connectivity index (χ4n) is 1.48. The summed E-state index contributed by atoms with van der Waals surface area (Å²) in [6.45, 7) is 8.38. The van der Waals surface area contributed by atoms with Crippen molar-refractivity contribution in [3.05, 3.63) is 5.01 Å². The van der Waals surface area contributed by atoms with E-state index in [1.54, 1.807) is 7.11 Å². The van der Waals surface area contributed by atoms with Gasteiger partial charge in [0.1, 0.15) is 0 Å². The van der Waals surface area contributed by atoms with Gasteiger partial charge in [0.25, 0.3) is 5.91 Å². The van der Waals surface area contributed by atoms with Gasteiger partial charge in [0, 0.05) is 26.8 Å². The number of amides is 1. The first kappa shape index (κ1) is 16.8. The minimum atomic E-state index is -0.169. The number of methoxy groups -OCH3 is 1. The Balaban J connectivity index is 2.44. The molecule has 0 unspecified atom stereocenters. The Morgan fingerprint density at radius 1 is 1.40 bits per heavy atom. The second-order valence-electron chi connectivity index (χ2n) is 5.43. The van der Waals surface area contributed by atoms with Crippen LogP contribution < -0.4 is 10.6 Å². The van der Waals surface area contributed by atoms with Crippen LogP contribution in [0.5, 0.6) is 0 Å². The lowest BCUT2D eigenvalue weighted by molar-refractivity contribution is 0.0920. The number of rotatable bonds is 9. The van der Waals surface area contributed by atoms with Gasteiger partial charge in [-0.3, -0.25) is 4.79 Å². The fourth-order valence-corrected chi connectivity index (χ4v) is 2.17. The summed E-state index contributed by atoms with van der Waals surface area (Å²) in [4.78, 5) is 12.0. The number of hydrogen-bond acceptors (Lipinski definition) is 6. The molecule has 0 saturated carbocycles. The molecule has 0 aliphatic carbocycles. The van der Waals surface area contributed by atoms with E-state index in [0.717, 1.165) is 19.4 Å². The lowest BCUT2D eigenvalue weighted by Gasteiger charge is -2.24. The van der Waals surface area contributed by atoms with Crippen molar-refractivity contribution in [3.63, 3.8) is 0 Å². The van der Waals surface area contributed by atoms with Crippen molar-refractivity contribution in [2.24, 2.45) is 5.41 Å². The molecule has 1 aromatic rings. The summed E-state index contributed by atoms with van der Waals surface area (Å²) in [6, 6.07) is 0. The zero-order valence-electron chi connectivity index (χ0n) is 12.7. The largest absolute Gasteiger partial charge is 0.385 e. The first-order chi connectivity index (χ1) is 9.48. The number of carbonyl (C=O) groups excluding carboxylic acids is 1. The molecule has 0 bridgehead atoms. The summed E-state index contributed by atoms with van der Waals surface area (Å²) in [5.41, 5.74) is -0.000349. The van der Waals surface area contributed by atoms with Crippen LogP contribution in [-0.4, -0.2) is 42.9 Å². The summed E-state index contributed by atoms with van der Waals surface area (Å²) >= 11 is 1.28. The maximum atomic E-state index is 12.0. The number of ether oxygens (including phenoxy) is 1. The lowest BCUT2D eigenvalue weighted by Crippen LogP contribution is -2.34. The van der Waals surface area contributed by atoms with Gasteiger partial charge in [-0.1, -0.05) is 32.1 Å². The molecule has 0 fully saturated rings. The molecule has 114 valence electrons. The summed E-state index contributed by atoms with van der Waals surface area (Å²) in [5.74, 6) is -0.169. The van der Waals surface area contributed by atoms with Crippen LogP contribution in [0, 0.1) is 5.41 Å². The smallest absolute Gasteiger partial charge is 0.282 e. The van der Waals surface area contributed by atoms with Crippen molar-refractivity contribution in [1.82, 2.24) is 15.5 Å². The average Bonchev–Trinajstić information content (AvgIpc) is 2.89. The molecule has 0 atom stereocenters. The van der Waals surface area contributed by atoms with Crippen molar-refractivity contribution >= 4 is 22.4 Å². The lowest BCUT2D eigenvalue weighted by atomic mass is 9.90. The Kier molecular flexibility index (Phi) is 6.87. The maximum absolute atomic E-state index is 12.0. The topological polar surface area (TPSA) is 76.1 Å². The molecule has 20 heavy (non-hydrogen) atoms. The molecule has 7 heteroatoms. The third-order valence-electron chi connectivity index (χ3n) is 2.86. The number of nitrogens with zero attached hydrogens (tertiary/aromatic N) is 2. The number of anilines is 1. The third-order valence-corrected chi connectivity index (χ3v) is 3.74. The minimum absolute atomic E-state index is 0.000349. The number of carbonyl (C=O) groups is 1. The Bertz CT molecular complexity index is 420. The van der Waals surface area contributed by atoms with Crippen molar-refractivity contribution in [1.29, 1.82) is 0 Å². The Labute approximate surface area is 124 Å². The highest BCUT2D eigenvalue weighted by atomic mass is 32.1. The Morgan fingerprint density at radius 2 is 2.15 bits per heavy atom. The van der Waals surface area contributed by atoms with E-state index in [2.05, 4.69) is 41.6 Å². The molecule has 1 heterocycles. The van der Waals surface area contributed by atoms with Gasteiger partial charge in [0.2, 0.25) is 10.1 Å². The van der Waals surface area contributed by atoms with E-state index in [-0.39, 0.29) is 11.3 Å². The highest BCUT2D eigenvalue weighted by Gasteiger charge is 2.20. The molecule has 6 nitrogen and oxygen atoms in total. The summed E-state index contributed by atoms with van der Waals surface area (Å²) in [6.07, 6.45) is 1.90. The number of hydrogen-bond donors (Lipinski definition) is 2. The predicted molar refractivity (Wildman–Crippen MR) is 81.3 cm³/mol. The highest BCUT2D eigenvalue weighted by molar-refractivity contribution is 7.17. The van der Waals surface area contributed by atoms with Gasteiger partial charge in [-0.05, 0) is 18.3 Å². The Hall–Kier alpha value is -1.21. The second-order valence-corrected chi connectivity index (χ2v) is 6.41. The first-order valence-corrected chi connectivity index (χ1v) is 7.64. The molecule has 1 rings (SSSR count). The van der Waals surface area contributed by atoms with Crippen molar-refractivity contribution < 1.29 is 9.53 Å². The van der Waals surface area contributed by atoms with Gasteiger partial charge < -0.3 is 15.4 Å². The quantitative estimate of drug-likeness (QED) is 0.731. The summed E-state index contributed by atoms with van der Waals surface area (Å²) in [5, 5.41) is 15.0. The minimum Gasteiger partial charge on any atom is -0.385 e. The Morgan fingerprint density at radius 3 is 2.80 bits per heavy atom. The van der Waals surface area contributed by atoms with Crippen molar-refractivity contribution in [2.75, 3.05) is 32.1 Å². The maximum Gasteiger partial charge on any atom is 0.282 e. The van der Waals surface area contributed by atoms with Gasteiger partial charge in [-0.25, -0.2) is 0 Å². The highest BCUT2D eigenvalue weighted by Crippen LogP contribution is 2.20. The normalized spacial score (nSPS) is 11.4. The van der Waals surface area contributed by atoms with Crippen LogP contribution in [0.15, 0.2) is 0 Å². The van der Waals surface area contributed by atoms with Gasteiger partial charge >= 0.3 is 0 Å². The van der Waals surface area contributed by atoms with Crippen LogP contribution in [0.3, 0.4) is 0 Å². The second kappa shape index (κ2) is 8.16.